The maximum atomic E-state index is 12.9. The number of halogens is 1. The second-order valence-electron chi connectivity index (χ2n) is 23.3. The minimum Gasteiger partial charge on any atom is -0.411 e. The first-order chi connectivity index (χ1) is 39.3. The van der Waals surface area contributed by atoms with Crippen molar-refractivity contribution in [2.75, 3.05) is 59.2 Å². The van der Waals surface area contributed by atoms with Gasteiger partial charge in [-0.1, -0.05) is 83.8 Å². The van der Waals surface area contributed by atoms with Crippen LogP contribution in [-0.4, -0.2) is 142 Å². The number of carbonyl (C=O) groups excluding carboxylic acids is 4. The third-order valence-electron chi connectivity index (χ3n) is 14.9. The van der Waals surface area contributed by atoms with Crippen LogP contribution < -0.4 is 37.4 Å². The third kappa shape index (κ3) is 26.5. The highest BCUT2D eigenvalue weighted by molar-refractivity contribution is 6.30. The second-order valence-corrected chi connectivity index (χ2v) is 23.6. The molecule has 0 radical (unpaired) electrons. The summed E-state index contributed by atoms with van der Waals surface area (Å²) in [4.78, 5) is 55.5. The normalized spacial score (nSPS) is 12.6. The van der Waals surface area contributed by atoms with E-state index in [1.54, 1.807) is 13.8 Å². The molecule has 1 heterocycles. The zero-order valence-electron chi connectivity index (χ0n) is 51.2. The van der Waals surface area contributed by atoms with Gasteiger partial charge in [0.1, 0.15) is 19.0 Å². The lowest BCUT2D eigenvalue weighted by atomic mass is 9.94. The van der Waals surface area contributed by atoms with E-state index in [-0.39, 0.29) is 75.2 Å². The number of aryl methyl sites for hydroxylation is 1. The van der Waals surface area contributed by atoms with Crippen LogP contribution in [-0.2, 0) is 52.9 Å². The molecule has 22 nitrogen and oxygen atoms in total. The molecule has 0 aliphatic rings. The number of ether oxygens (including phenoxy) is 3. The van der Waals surface area contributed by atoms with Crippen LogP contribution in [0, 0.1) is 11.3 Å². The molecule has 83 heavy (non-hydrogen) atoms. The Hall–Kier alpha value is -6.17. The minimum absolute atomic E-state index is 0.00475. The molecular weight excluding hydrogens is 1080 g/mol. The van der Waals surface area contributed by atoms with Gasteiger partial charge >= 0.3 is 0 Å². The Morgan fingerprint density at radius 3 is 1.84 bits per heavy atom. The maximum Gasteiger partial charge on any atom is 0.246 e. The molecule has 0 aliphatic carbocycles. The molecule has 462 valence electrons. The zero-order valence-corrected chi connectivity index (χ0v) is 52.0. The number of aromatic nitrogens is 2. The fourth-order valence-electron chi connectivity index (χ4n) is 8.75. The van der Waals surface area contributed by atoms with Crippen molar-refractivity contribution in [1.29, 1.82) is 5.41 Å². The molecule has 3 aromatic rings. The predicted molar refractivity (Wildman–Crippen MR) is 324 cm³/mol. The van der Waals surface area contributed by atoms with Crippen LogP contribution in [0.1, 0.15) is 163 Å². The summed E-state index contributed by atoms with van der Waals surface area (Å²) in [5.41, 5.74) is 8.63. The minimum atomic E-state index is -0.547. The molecule has 11 N–H and O–H groups in total. The molecule has 3 rings (SSSR count). The van der Waals surface area contributed by atoms with Crippen molar-refractivity contribution in [1.82, 2.24) is 41.5 Å². The van der Waals surface area contributed by atoms with Crippen molar-refractivity contribution in [3.8, 4) is 11.1 Å². The van der Waals surface area contributed by atoms with Crippen LogP contribution in [0.2, 0.25) is 5.15 Å². The van der Waals surface area contributed by atoms with Crippen LogP contribution >= 0.6 is 11.6 Å². The van der Waals surface area contributed by atoms with E-state index < -0.39 is 28.2 Å². The van der Waals surface area contributed by atoms with Gasteiger partial charge in [0.25, 0.3) is 0 Å². The molecule has 1 aromatic heterocycles. The maximum absolute atomic E-state index is 12.9. The van der Waals surface area contributed by atoms with Gasteiger partial charge in [-0.3, -0.25) is 24.6 Å². The summed E-state index contributed by atoms with van der Waals surface area (Å²) in [6.07, 6.45) is 7.10. The number of oxime groups is 2. The Morgan fingerprint density at radius 1 is 0.711 bits per heavy atom. The summed E-state index contributed by atoms with van der Waals surface area (Å²) in [6, 6.07) is 15.5. The quantitative estimate of drug-likeness (QED) is 0.00695. The third-order valence-corrected chi connectivity index (χ3v) is 15.2. The lowest BCUT2D eigenvalue weighted by Crippen LogP contribution is -2.47. The van der Waals surface area contributed by atoms with E-state index >= 15 is 0 Å². The topological polar surface area (TPSA) is 313 Å². The summed E-state index contributed by atoms with van der Waals surface area (Å²) in [5, 5.41) is 55.7. The van der Waals surface area contributed by atoms with Crippen molar-refractivity contribution < 1.29 is 49.3 Å². The lowest BCUT2D eigenvalue weighted by molar-refractivity contribution is -0.207. The number of amides is 4. The summed E-state index contributed by atoms with van der Waals surface area (Å²) in [6.45, 7) is 24.5. The number of amidine groups is 1. The molecule has 0 spiro atoms. The van der Waals surface area contributed by atoms with E-state index in [2.05, 4.69) is 59.2 Å². The number of rotatable bonds is 41. The van der Waals surface area contributed by atoms with Crippen molar-refractivity contribution >= 4 is 52.5 Å². The SMILES string of the molecule is CCCCc1nc(Cl)c(CNC(=O)COCC(=O)NCCOC(C)(C)CCOC(C)(C)CCNC(=O)CCCC(=O)NCCC(CCNC(C)(C)/C(C)=N\O)CCNC(C)(C)/C(C)=N\O)n1Cc1ccc(-c2ccccc2C(=N)N=[NH2+])cc1. The summed E-state index contributed by atoms with van der Waals surface area (Å²) in [7, 11) is 0. The standard InChI is InChI=1S/C60H96ClN13O9/c1-12-13-19-50-70-55(61)49(74(50)39-45-22-24-46(25-23-45)47-17-14-15-18-48(47)56(62)71-63)38-67-54(78)41-81-40-53(77)66-35-37-83-58(6,7)30-36-82-57(4,5)29-34-65-52(76)21-16-20-51(75)64-31-26-44(27-32-68-59(8,9)42(2)72-79)28-33-69-60(10,11)43(3)73-80/h14-15,17-18,22-25,44,62-63,68-69,79-80H,12-13,16,19-21,26-41H2,1-11H3,(H,64,75)(H,65,76)(H,66,77)(H,67,78)/p+1/b62-56?,71-63?,72-42-,73-43-. The van der Waals surface area contributed by atoms with E-state index in [0.29, 0.717) is 92.8 Å². The van der Waals surface area contributed by atoms with E-state index in [0.717, 1.165) is 54.6 Å². The molecule has 0 aliphatic heterocycles. The molecule has 0 bridgehead atoms. The smallest absolute Gasteiger partial charge is 0.246 e. The fraction of sp³-hybridized carbons (Fsp3) is 0.633. The summed E-state index contributed by atoms with van der Waals surface area (Å²) in [5.74, 6) is 0.0547. The molecular formula is C60H97ClN13O9+. The van der Waals surface area contributed by atoms with Gasteiger partial charge in [0.05, 0.1) is 59.2 Å². The van der Waals surface area contributed by atoms with Gasteiger partial charge in [-0.15, -0.1) is 0 Å². The molecule has 4 amide bonds. The Bertz CT molecular complexity index is 2560. The number of benzene rings is 2. The van der Waals surface area contributed by atoms with Crippen molar-refractivity contribution in [3.05, 3.63) is 76.3 Å². The van der Waals surface area contributed by atoms with Crippen LogP contribution in [0.5, 0.6) is 0 Å². The lowest BCUT2D eigenvalue weighted by Gasteiger charge is -2.30. The van der Waals surface area contributed by atoms with E-state index in [4.69, 9.17) is 36.8 Å². The number of nitrogens with one attached hydrogen (secondary N) is 7. The highest BCUT2D eigenvalue weighted by Crippen LogP contribution is 2.27. The largest absolute Gasteiger partial charge is 0.411 e. The molecule has 0 atom stereocenters. The Kier molecular flexibility index (Phi) is 30.7. The summed E-state index contributed by atoms with van der Waals surface area (Å²) < 4.78 is 19.7. The molecule has 2 aromatic carbocycles. The van der Waals surface area contributed by atoms with Crippen LogP contribution in [0.3, 0.4) is 0 Å². The zero-order chi connectivity index (χ0) is 61.6. The molecule has 0 saturated carbocycles. The van der Waals surface area contributed by atoms with Crippen molar-refractivity contribution in [3.63, 3.8) is 0 Å². The number of unbranched alkanes of at least 4 members (excludes halogenated alkanes) is 1. The average Bonchev–Trinajstić information content (AvgIpc) is 3.75. The number of carbonyl (C=O) groups is 4. The van der Waals surface area contributed by atoms with Crippen molar-refractivity contribution in [2.24, 2.45) is 21.3 Å². The number of nitrogens with two attached hydrogens (primary N) is 1. The van der Waals surface area contributed by atoms with Gasteiger partial charge in [0.15, 0.2) is 5.15 Å². The number of imidazole rings is 1. The number of hydrogen-bond donors (Lipinski definition) is 10. The fourth-order valence-corrected chi connectivity index (χ4v) is 9.01. The van der Waals surface area contributed by atoms with Crippen LogP contribution in [0.4, 0.5) is 0 Å². The first kappa shape index (κ1) is 71.1. The van der Waals surface area contributed by atoms with Crippen molar-refractivity contribution in [2.45, 2.75) is 182 Å². The monoisotopic (exact) mass is 1180 g/mol. The van der Waals surface area contributed by atoms with Crippen LogP contribution in [0.15, 0.2) is 64.0 Å². The Balaban J connectivity index is 1.30. The van der Waals surface area contributed by atoms with Gasteiger partial charge in [-0.05, 0) is 150 Å². The number of hydrogen-bond acceptors (Lipinski definition) is 15. The Labute approximate surface area is 496 Å². The number of nitrogens with zero attached hydrogens (tertiary/aromatic N) is 5. The molecule has 0 unspecified atom stereocenters. The van der Waals surface area contributed by atoms with Gasteiger partial charge < -0.3 is 61.1 Å². The summed E-state index contributed by atoms with van der Waals surface area (Å²) >= 11 is 6.66. The van der Waals surface area contributed by atoms with Gasteiger partial charge in [0.2, 0.25) is 29.5 Å². The second kappa shape index (κ2) is 35.9. The molecule has 0 fully saturated rings. The first-order valence-electron chi connectivity index (χ1n) is 29.0. The predicted octanol–water partition coefficient (Wildman–Crippen LogP) is 6.88. The average molecular weight is 1180 g/mol. The van der Waals surface area contributed by atoms with E-state index in [9.17, 15) is 29.6 Å². The van der Waals surface area contributed by atoms with Gasteiger partial charge in [-0.2, -0.15) is 5.53 Å². The highest BCUT2D eigenvalue weighted by Gasteiger charge is 2.26. The van der Waals surface area contributed by atoms with Gasteiger partial charge in [-0.25, -0.2) is 4.98 Å². The Morgan fingerprint density at radius 2 is 1.25 bits per heavy atom. The van der Waals surface area contributed by atoms with E-state index in [1.165, 1.54) is 0 Å². The first-order valence-corrected chi connectivity index (χ1v) is 29.4. The highest BCUT2D eigenvalue weighted by atomic mass is 35.5. The molecule has 23 heteroatoms. The van der Waals surface area contributed by atoms with Gasteiger partial charge in [0, 0.05) is 56.1 Å². The molecule has 0 saturated heterocycles. The van der Waals surface area contributed by atoms with Crippen LogP contribution in [0.25, 0.3) is 11.1 Å². The van der Waals surface area contributed by atoms with E-state index in [1.807, 2.05) is 108 Å².